The van der Waals surface area contributed by atoms with Gasteiger partial charge in [-0.05, 0) is 26.0 Å². The molecule has 0 bridgehead atoms. The van der Waals surface area contributed by atoms with Gasteiger partial charge in [-0.25, -0.2) is 15.0 Å². The molecule has 2 aliphatic rings. The standard InChI is InChI=1S/C19H22N6O3/c1-19(2)27-14-8-25(13(9-26)16(14)28-19)12-4-6-21-17-15(12)10(7-23-17)11-3-5-22-18(20)24-11/h3-7,13-14,16,26H,8-9H2,1-2H3,(H,21,23)(H2,20,22,24). The quantitative estimate of drug-likeness (QED) is 0.620. The minimum Gasteiger partial charge on any atom is -0.394 e. The van der Waals surface area contributed by atoms with Crippen molar-refractivity contribution in [2.24, 2.45) is 0 Å². The van der Waals surface area contributed by atoms with E-state index in [1.807, 2.05) is 32.2 Å². The zero-order valence-corrected chi connectivity index (χ0v) is 15.7. The molecule has 0 aromatic carbocycles. The number of nitrogens with one attached hydrogen (secondary N) is 1. The summed E-state index contributed by atoms with van der Waals surface area (Å²) in [7, 11) is 0. The van der Waals surface area contributed by atoms with Crippen LogP contribution in [0.4, 0.5) is 11.6 Å². The van der Waals surface area contributed by atoms with E-state index in [9.17, 15) is 5.11 Å². The van der Waals surface area contributed by atoms with Crippen LogP contribution < -0.4 is 10.6 Å². The molecule has 0 amide bonds. The molecule has 3 aromatic heterocycles. The summed E-state index contributed by atoms with van der Waals surface area (Å²) in [5, 5.41) is 11.0. The van der Waals surface area contributed by atoms with Crippen molar-refractivity contribution in [3.63, 3.8) is 0 Å². The molecule has 0 aliphatic carbocycles. The highest BCUT2D eigenvalue weighted by Crippen LogP contribution is 2.42. The summed E-state index contributed by atoms with van der Waals surface area (Å²) >= 11 is 0. The Morgan fingerprint density at radius 1 is 1.29 bits per heavy atom. The van der Waals surface area contributed by atoms with Crippen LogP contribution in [-0.4, -0.2) is 62.2 Å². The van der Waals surface area contributed by atoms with Gasteiger partial charge in [0.05, 0.1) is 29.4 Å². The minimum atomic E-state index is -0.639. The number of H-pyrrole nitrogens is 1. The lowest BCUT2D eigenvalue weighted by molar-refractivity contribution is -0.151. The molecule has 0 spiro atoms. The van der Waals surface area contributed by atoms with Gasteiger partial charge in [-0.1, -0.05) is 0 Å². The number of rotatable bonds is 3. The van der Waals surface area contributed by atoms with E-state index in [-0.39, 0.29) is 30.8 Å². The number of nitrogens with zero attached hydrogens (tertiary/aromatic N) is 4. The third-order valence-corrected chi connectivity index (χ3v) is 5.38. The molecule has 5 heterocycles. The van der Waals surface area contributed by atoms with Crippen LogP contribution in [0.2, 0.25) is 0 Å². The Morgan fingerprint density at radius 3 is 2.89 bits per heavy atom. The molecule has 3 aromatic rings. The van der Waals surface area contributed by atoms with E-state index in [1.165, 1.54) is 0 Å². The number of aromatic nitrogens is 4. The fraction of sp³-hybridized carbons (Fsp3) is 0.421. The Kier molecular flexibility index (Phi) is 3.80. The number of ether oxygens (including phenoxy) is 2. The lowest BCUT2D eigenvalue weighted by Crippen LogP contribution is -2.41. The maximum Gasteiger partial charge on any atom is 0.220 e. The molecule has 3 unspecified atom stereocenters. The Morgan fingerprint density at radius 2 is 2.11 bits per heavy atom. The smallest absolute Gasteiger partial charge is 0.220 e. The summed E-state index contributed by atoms with van der Waals surface area (Å²) in [5.41, 5.74) is 9.04. The van der Waals surface area contributed by atoms with Gasteiger partial charge in [0.1, 0.15) is 17.9 Å². The maximum atomic E-state index is 10.1. The third kappa shape index (κ3) is 2.62. The summed E-state index contributed by atoms with van der Waals surface area (Å²) in [6, 6.07) is 3.54. The first-order valence-corrected chi connectivity index (χ1v) is 9.25. The highest BCUT2D eigenvalue weighted by Gasteiger charge is 2.52. The molecule has 2 fully saturated rings. The van der Waals surface area contributed by atoms with E-state index < -0.39 is 5.79 Å². The second kappa shape index (κ2) is 6.13. The highest BCUT2D eigenvalue weighted by atomic mass is 16.8. The number of pyridine rings is 1. The number of aliphatic hydroxyl groups excluding tert-OH is 1. The van der Waals surface area contributed by atoms with Crippen molar-refractivity contribution in [3.05, 3.63) is 30.7 Å². The van der Waals surface area contributed by atoms with Gasteiger partial charge in [0.25, 0.3) is 0 Å². The zero-order chi connectivity index (χ0) is 19.5. The summed E-state index contributed by atoms with van der Waals surface area (Å²) in [6.07, 6.45) is 4.95. The molecular weight excluding hydrogens is 360 g/mol. The normalized spacial score (nSPS) is 26.1. The molecule has 0 saturated carbocycles. The molecule has 9 nitrogen and oxygen atoms in total. The second-order valence-corrected chi connectivity index (χ2v) is 7.60. The van der Waals surface area contributed by atoms with Crippen LogP contribution >= 0.6 is 0 Å². The molecule has 2 aliphatic heterocycles. The van der Waals surface area contributed by atoms with Gasteiger partial charge in [0, 0.05) is 30.7 Å². The second-order valence-electron chi connectivity index (χ2n) is 7.60. The molecule has 146 valence electrons. The SMILES string of the molecule is CC1(C)OC2CN(c3ccnc4[nH]cc(-c5ccnc(N)n5)c34)C(CO)C2O1. The summed E-state index contributed by atoms with van der Waals surface area (Å²) in [6.45, 7) is 4.39. The largest absolute Gasteiger partial charge is 0.394 e. The summed E-state index contributed by atoms with van der Waals surface area (Å²) in [5.74, 6) is -0.426. The summed E-state index contributed by atoms with van der Waals surface area (Å²) in [4.78, 5) is 18.1. The van der Waals surface area contributed by atoms with E-state index in [1.54, 1.807) is 12.4 Å². The van der Waals surface area contributed by atoms with E-state index in [0.29, 0.717) is 12.2 Å². The zero-order valence-electron chi connectivity index (χ0n) is 15.7. The molecule has 3 atom stereocenters. The Balaban J connectivity index is 1.61. The number of nitrogen functional groups attached to an aromatic ring is 1. The average molecular weight is 382 g/mol. The van der Waals surface area contributed by atoms with Crippen LogP contribution in [0.1, 0.15) is 13.8 Å². The van der Waals surface area contributed by atoms with E-state index in [4.69, 9.17) is 15.2 Å². The monoisotopic (exact) mass is 382 g/mol. The molecular formula is C19H22N6O3. The highest BCUT2D eigenvalue weighted by molar-refractivity contribution is 6.02. The molecule has 9 heteroatoms. The first-order valence-electron chi connectivity index (χ1n) is 9.25. The lowest BCUT2D eigenvalue weighted by Gasteiger charge is -2.30. The van der Waals surface area contributed by atoms with Gasteiger partial charge in [0.2, 0.25) is 5.95 Å². The minimum absolute atomic E-state index is 0.0371. The van der Waals surface area contributed by atoms with Crippen molar-refractivity contribution >= 4 is 22.7 Å². The fourth-order valence-electron chi connectivity index (χ4n) is 4.32. The molecule has 4 N–H and O–H groups in total. The van der Waals surface area contributed by atoms with Gasteiger partial charge in [0.15, 0.2) is 5.79 Å². The summed E-state index contributed by atoms with van der Waals surface area (Å²) < 4.78 is 12.1. The van der Waals surface area contributed by atoms with E-state index >= 15 is 0 Å². The van der Waals surface area contributed by atoms with Crippen LogP contribution in [0, 0.1) is 0 Å². The predicted octanol–water partition coefficient (Wildman–Crippen LogP) is 1.30. The lowest BCUT2D eigenvalue weighted by atomic mass is 10.1. The predicted molar refractivity (Wildman–Crippen MR) is 104 cm³/mol. The number of anilines is 2. The Labute approximate surface area is 161 Å². The number of aliphatic hydroxyl groups is 1. The number of fused-ring (bicyclic) bond motifs is 2. The molecule has 0 radical (unpaired) electrons. The van der Waals surface area contributed by atoms with Gasteiger partial charge < -0.3 is 30.2 Å². The van der Waals surface area contributed by atoms with Crippen molar-refractivity contribution in [1.82, 2.24) is 19.9 Å². The number of hydrogen-bond acceptors (Lipinski definition) is 8. The van der Waals surface area contributed by atoms with Crippen LogP contribution in [-0.2, 0) is 9.47 Å². The first-order chi connectivity index (χ1) is 13.5. The van der Waals surface area contributed by atoms with Crippen LogP contribution in [0.5, 0.6) is 0 Å². The molecule has 5 rings (SSSR count). The average Bonchev–Trinajstić information content (AvgIpc) is 3.30. The first kappa shape index (κ1) is 17.4. The molecule has 2 saturated heterocycles. The van der Waals surface area contributed by atoms with Crippen molar-refractivity contribution in [1.29, 1.82) is 0 Å². The third-order valence-electron chi connectivity index (χ3n) is 5.38. The van der Waals surface area contributed by atoms with Crippen molar-refractivity contribution in [3.8, 4) is 11.3 Å². The van der Waals surface area contributed by atoms with Gasteiger partial charge in [-0.2, -0.15) is 0 Å². The Bertz CT molecular complexity index is 1040. The van der Waals surface area contributed by atoms with Crippen LogP contribution in [0.25, 0.3) is 22.3 Å². The van der Waals surface area contributed by atoms with Crippen LogP contribution in [0.3, 0.4) is 0 Å². The fourth-order valence-corrected chi connectivity index (χ4v) is 4.32. The van der Waals surface area contributed by atoms with Gasteiger partial charge in [-0.3, -0.25) is 0 Å². The van der Waals surface area contributed by atoms with Crippen molar-refractivity contribution < 1.29 is 14.6 Å². The number of nitrogens with two attached hydrogens (primary N) is 1. The maximum absolute atomic E-state index is 10.1. The van der Waals surface area contributed by atoms with Crippen molar-refractivity contribution in [2.45, 2.75) is 37.9 Å². The number of hydrogen-bond donors (Lipinski definition) is 3. The van der Waals surface area contributed by atoms with Gasteiger partial charge >= 0.3 is 0 Å². The van der Waals surface area contributed by atoms with Crippen molar-refractivity contribution in [2.75, 3.05) is 23.8 Å². The Hall–Kier alpha value is -2.75. The molecule has 28 heavy (non-hydrogen) atoms. The van der Waals surface area contributed by atoms with Gasteiger partial charge in [-0.15, -0.1) is 0 Å². The van der Waals surface area contributed by atoms with Crippen LogP contribution in [0.15, 0.2) is 30.7 Å². The topological polar surface area (TPSA) is 122 Å². The number of aromatic amines is 1. The van der Waals surface area contributed by atoms with E-state index in [0.717, 1.165) is 22.3 Å². The van der Waals surface area contributed by atoms with E-state index in [2.05, 4.69) is 24.8 Å².